The Morgan fingerprint density at radius 1 is 1.03 bits per heavy atom. The molecule has 6 nitrogen and oxygen atoms in total. The maximum Gasteiger partial charge on any atom is 0.274 e. The average molecular weight is 485 g/mol. The van der Waals surface area contributed by atoms with Crippen LogP contribution in [0, 0.1) is 12.7 Å². The number of nitrogens with zero attached hydrogens (tertiary/aromatic N) is 2. The van der Waals surface area contributed by atoms with Crippen LogP contribution in [0.4, 0.5) is 15.8 Å². The van der Waals surface area contributed by atoms with Crippen molar-refractivity contribution in [2.45, 2.75) is 18.3 Å². The quantitative estimate of drug-likeness (QED) is 0.564. The highest BCUT2D eigenvalue weighted by molar-refractivity contribution is 7.94. The molecule has 1 unspecified atom stereocenters. The first kappa shape index (κ1) is 21.6. The number of halogens is 2. The Morgan fingerprint density at radius 3 is 2.48 bits per heavy atom. The van der Waals surface area contributed by atoms with E-state index in [0.29, 0.717) is 5.69 Å². The molecule has 3 aromatic carbocycles. The zero-order chi connectivity index (χ0) is 23.5. The molecule has 0 radical (unpaired) electrons. The topological polar surface area (TPSA) is 74.8 Å². The lowest BCUT2D eigenvalue weighted by atomic mass is 10.0. The molecule has 9 heteroatoms. The highest BCUT2D eigenvalue weighted by Crippen LogP contribution is 2.53. The van der Waals surface area contributed by atoms with Crippen LogP contribution in [0.5, 0.6) is 0 Å². The smallest absolute Gasteiger partial charge is 0.274 e. The number of para-hydroxylation sites is 1. The summed E-state index contributed by atoms with van der Waals surface area (Å²) in [7, 11) is -4.30. The molecule has 1 atom stereocenters. The lowest BCUT2D eigenvalue weighted by Gasteiger charge is -2.32. The second-order valence-corrected chi connectivity index (χ2v) is 10.6. The number of carbonyl (C=O) groups excluding carboxylic acids is 2. The van der Waals surface area contributed by atoms with Crippen LogP contribution in [0.15, 0.2) is 66.7 Å². The molecule has 1 spiro atoms. The van der Waals surface area contributed by atoms with Gasteiger partial charge in [0.25, 0.3) is 10.8 Å². The van der Waals surface area contributed by atoms with E-state index in [1.54, 1.807) is 36.4 Å². The standard InChI is InChI=1S/C24H18ClFN2O4S/c1-15-6-4-7-16(12-15)28-22(29)14-33(31,32)24(28)18-8-2-3-11-21(18)27(23(24)30)13-17-19(25)9-5-10-20(17)26/h2-12H,13-14H2,1H3. The Kier molecular flexibility index (Phi) is 4.84. The molecule has 33 heavy (non-hydrogen) atoms. The Balaban J connectivity index is 1.76. The van der Waals surface area contributed by atoms with Gasteiger partial charge in [0, 0.05) is 21.8 Å². The maximum atomic E-state index is 14.6. The monoisotopic (exact) mass is 484 g/mol. The van der Waals surface area contributed by atoms with Gasteiger partial charge in [0.2, 0.25) is 5.91 Å². The van der Waals surface area contributed by atoms with Gasteiger partial charge in [-0.2, -0.15) is 0 Å². The molecule has 0 aromatic heterocycles. The number of benzene rings is 3. The lowest BCUT2D eigenvalue weighted by Crippen LogP contribution is -2.54. The first-order valence-electron chi connectivity index (χ1n) is 10.1. The molecule has 2 aliphatic heterocycles. The summed E-state index contributed by atoms with van der Waals surface area (Å²) in [6.07, 6.45) is 0. The van der Waals surface area contributed by atoms with Crippen molar-refractivity contribution in [3.05, 3.63) is 94.3 Å². The van der Waals surface area contributed by atoms with E-state index < -0.39 is 38.1 Å². The molecule has 0 bridgehead atoms. The molecule has 1 fully saturated rings. The van der Waals surface area contributed by atoms with E-state index in [1.807, 2.05) is 13.0 Å². The van der Waals surface area contributed by atoms with Gasteiger partial charge in [0.05, 0.1) is 12.2 Å². The van der Waals surface area contributed by atoms with Gasteiger partial charge in [0.15, 0.2) is 9.84 Å². The van der Waals surface area contributed by atoms with E-state index in [9.17, 15) is 22.4 Å². The van der Waals surface area contributed by atoms with Gasteiger partial charge < -0.3 is 4.90 Å². The van der Waals surface area contributed by atoms with Crippen LogP contribution >= 0.6 is 11.6 Å². The Morgan fingerprint density at radius 2 is 1.76 bits per heavy atom. The summed E-state index contributed by atoms with van der Waals surface area (Å²) in [4.78, 5) is 27.1. The fourth-order valence-corrected chi connectivity index (χ4v) is 6.91. The third-order valence-electron chi connectivity index (χ3n) is 6.06. The Labute approximate surface area is 195 Å². The fraction of sp³-hybridized carbons (Fsp3) is 0.167. The summed E-state index contributed by atoms with van der Waals surface area (Å²) < 4.78 is 41.7. The minimum atomic E-state index is -4.30. The minimum Gasteiger partial charge on any atom is -0.304 e. The van der Waals surface area contributed by atoms with Gasteiger partial charge in [-0.1, -0.05) is 48.0 Å². The molecule has 2 aliphatic rings. The number of sulfone groups is 1. The van der Waals surface area contributed by atoms with Crippen LogP contribution in [-0.2, 0) is 30.8 Å². The molecule has 1 saturated heterocycles. The Bertz CT molecular complexity index is 1420. The molecular weight excluding hydrogens is 467 g/mol. The van der Waals surface area contributed by atoms with Gasteiger partial charge >= 0.3 is 0 Å². The van der Waals surface area contributed by atoms with Gasteiger partial charge in [-0.15, -0.1) is 0 Å². The van der Waals surface area contributed by atoms with Crippen molar-refractivity contribution in [3.8, 4) is 0 Å². The number of rotatable bonds is 3. The number of anilines is 2. The van der Waals surface area contributed by atoms with E-state index in [1.165, 1.54) is 29.2 Å². The first-order valence-corrected chi connectivity index (χ1v) is 12.2. The summed E-state index contributed by atoms with van der Waals surface area (Å²) in [5, 5.41) is 0.113. The van der Waals surface area contributed by atoms with Crippen molar-refractivity contribution >= 4 is 44.6 Å². The van der Waals surface area contributed by atoms with Crippen LogP contribution in [0.25, 0.3) is 0 Å². The van der Waals surface area contributed by atoms with Crippen molar-refractivity contribution in [2.75, 3.05) is 15.6 Å². The molecule has 0 N–H and O–H groups in total. The van der Waals surface area contributed by atoms with Gasteiger partial charge in [-0.25, -0.2) is 12.8 Å². The molecule has 0 saturated carbocycles. The number of carbonyl (C=O) groups is 2. The van der Waals surface area contributed by atoms with Crippen LogP contribution < -0.4 is 9.80 Å². The molecule has 2 amide bonds. The third-order valence-corrected chi connectivity index (χ3v) is 8.52. The van der Waals surface area contributed by atoms with E-state index >= 15 is 0 Å². The molecule has 0 aliphatic carbocycles. The number of fused-ring (bicyclic) bond motifs is 2. The average Bonchev–Trinajstić information content (AvgIpc) is 3.13. The molecule has 3 aromatic rings. The largest absolute Gasteiger partial charge is 0.304 e. The van der Waals surface area contributed by atoms with Crippen molar-refractivity contribution in [1.29, 1.82) is 0 Å². The van der Waals surface area contributed by atoms with E-state index in [2.05, 4.69) is 0 Å². The van der Waals surface area contributed by atoms with Crippen molar-refractivity contribution < 1.29 is 22.4 Å². The predicted octanol–water partition coefficient (Wildman–Crippen LogP) is 3.95. The lowest BCUT2D eigenvalue weighted by molar-refractivity contribution is -0.123. The highest BCUT2D eigenvalue weighted by atomic mass is 35.5. The van der Waals surface area contributed by atoms with E-state index in [-0.39, 0.29) is 28.4 Å². The summed E-state index contributed by atoms with van der Waals surface area (Å²) in [5.74, 6) is -2.96. The first-order chi connectivity index (χ1) is 15.7. The minimum absolute atomic E-state index is 0.0585. The SMILES string of the molecule is Cc1cccc(N2C(=O)CS(=O)(=O)C23C(=O)N(Cc2c(F)cccc2Cl)c2ccccc23)c1. The summed E-state index contributed by atoms with van der Waals surface area (Å²) in [6, 6.07) is 17.3. The van der Waals surface area contributed by atoms with Gasteiger partial charge in [-0.05, 0) is 42.8 Å². The molecule has 2 heterocycles. The summed E-state index contributed by atoms with van der Waals surface area (Å²) in [5.41, 5.74) is 1.61. The predicted molar refractivity (Wildman–Crippen MR) is 123 cm³/mol. The molecule has 5 rings (SSSR count). The second kappa shape index (κ2) is 7.40. The molecule has 168 valence electrons. The number of hydrogen-bond acceptors (Lipinski definition) is 4. The summed E-state index contributed by atoms with van der Waals surface area (Å²) in [6.45, 7) is 1.52. The van der Waals surface area contributed by atoms with Crippen LogP contribution in [-0.4, -0.2) is 26.0 Å². The second-order valence-electron chi connectivity index (χ2n) is 8.08. The Hall–Kier alpha value is -3.23. The fourth-order valence-electron chi connectivity index (χ4n) is 4.66. The van der Waals surface area contributed by atoms with E-state index in [0.717, 1.165) is 10.5 Å². The zero-order valence-electron chi connectivity index (χ0n) is 17.5. The molecular formula is C24H18ClFN2O4S. The highest BCUT2D eigenvalue weighted by Gasteiger charge is 2.69. The van der Waals surface area contributed by atoms with Gasteiger partial charge in [0.1, 0.15) is 11.6 Å². The number of amides is 2. The van der Waals surface area contributed by atoms with Crippen molar-refractivity contribution in [1.82, 2.24) is 0 Å². The zero-order valence-corrected chi connectivity index (χ0v) is 19.0. The normalized spacial score (nSPS) is 21.2. The number of aryl methyl sites for hydroxylation is 1. The maximum absolute atomic E-state index is 14.6. The van der Waals surface area contributed by atoms with Crippen molar-refractivity contribution in [3.63, 3.8) is 0 Å². The summed E-state index contributed by atoms with van der Waals surface area (Å²) >= 11 is 6.19. The van der Waals surface area contributed by atoms with Gasteiger partial charge in [-0.3, -0.25) is 14.5 Å². The van der Waals surface area contributed by atoms with Crippen molar-refractivity contribution in [2.24, 2.45) is 0 Å². The van der Waals surface area contributed by atoms with Crippen LogP contribution in [0.2, 0.25) is 5.02 Å². The number of hydrogen-bond donors (Lipinski definition) is 0. The third kappa shape index (κ3) is 2.94. The van der Waals surface area contributed by atoms with Crippen LogP contribution in [0.3, 0.4) is 0 Å². The van der Waals surface area contributed by atoms with Crippen LogP contribution in [0.1, 0.15) is 16.7 Å². The van der Waals surface area contributed by atoms with E-state index in [4.69, 9.17) is 11.6 Å².